The third-order valence-electron chi connectivity index (χ3n) is 1.74. The topological polar surface area (TPSA) is 9.23 Å². The Labute approximate surface area is 75.6 Å². The number of rotatable bonds is 3. The minimum atomic E-state index is -3.21. The number of hydrogen-bond donors (Lipinski definition) is 0. The number of hydrogen-bond acceptors (Lipinski definition) is 1. The molecule has 0 aliphatic carbocycles. The minimum absolute atomic E-state index is 0.152. The van der Waals surface area contributed by atoms with Gasteiger partial charge in [0.2, 0.25) is 0 Å². The number of methoxy groups -OCH3 is 1. The summed E-state index contributed by atoms with van der Waals surface area (Å²) in [7, 11) is 0.974. The third kappa shape index (κ3) is 2.12. The van der Waals surface area contributed by atoms with Crippen molar-refractivity contribution in [3.05, 3.63) is 42.0 Å². The van der Waals surface area contributed by atoms with Crippen molar-refractivity contribution >= 4 is 6.08 Å². The Morgan fingerprint density at radius 3 is 2.23 bits per heavy atom. The van der Waals surface area contributed by atoms with Gasteiger partial charge in [0.1, 0.15) is 0 Å². The summed E-state index contributed by atoms with van der Waals surface area (Å²) in [6.07, 6.45) is -1.62. The van der Waals surface area contributed by atoms with Crippen LogP contribution in [0.1, 0.15) is 11.1 Å². The fourth-order valence-electron chi connectivity index (χ4n) is 0.931. The van der Waals surface area contributed by atoms with Gasteiger partial charge >= 0.3 is 6.11 Å². The van der Waals surface area contributed by atoms with Crippen LogP contribution in [0.4, 0.5) is 8.78 Å². The van der Waals surface area contributed by atoms with Crippen LogP contribution in [0.2, 0.25) is 0 Å². The van der Waals surface area contributed by atoms with E-state index in [4.69, 9.17) is 0 Å². The van der Waals surface area contributed by atoms with E-state index in [1.54, 1.807) is 18.2 Å². The van der Waals surface area contributed by atoms with Crippen molar-refractivity contribution in [2.75, 3.05) is 7.11 Å². The fourth-order valence-corrected chi connectivity index (χ4v) is 0.931. The maximum Gasteiger partial charge on any atom is 0.383 e. The first-order valence-corrected chi connectivity index (χ1v) is 3.76. The Morgan fingerprint density at radius 1 is 1.31 bits per heavy atom. The molecule has 0 aliphatic rings. The first kappa shape index (κ1) is 9.86. The van der Waals surface area contributed by atoms with Gasteiger partial charge in [-0.05, 0) is 17.7 Å². The standard InChI is InChI=1S/C10H10F2O/c1-3-8-4-6-9(7-5-8)10(11,12)13-2/h3-7H,1H2,2H3. The second kappa shape index (κ2) is 3.66. The lowest BCUT2D eigenvalue weighted by molar-refractivity contribution is -0.231. The Bertz CT molecular complexity index is 290. The molecule has 0 saturated carbocycles. The van der Waals surface area contributed by atoms with E-state index in [1.807, 2.05) is 0 Å². The molecule has 1 aromatic carbocycles. The number of ether oxygens (including phenoxy) is 1. The molecule has 0 fully saturated rings. The minimum Gasteiger partial charge on any atom is -0.320 e. The smallest absolute Gasteiger partial charge is 0.320 e. The molecular weight excluding hydrogens is 174 g/mol. The van der Waals surface area contributed by atoms with Crippen LogP contribution < -0.4 is 0 Å². The third-order valence-corrected chi connectivity index (χ3v) is 1.74. The predicted molar refractivity (Wildman–Crippen MR) is 47.4 cm³/mol. The monoisotopic (exact) mass is 184 g/mol. The molecule has 0 N–H and O–H groups in total. The van der Waals surface area contributed by atoms with Crippen molar-refractivity contribution in [3.8, 4) is 0 Å². The molecule has 1 nitrogen and oxygen atoms in total. The summed E-state index contributed by atoms with van der Waals surface area (Å²) in [5, 5.41) is 0. The van der Waals surface area contributed by atoms with Crippen molar-refractivity contribution in [2.24, 2.45) is 0 Å². The molecule has 0 unspecified atom stereocenters. The number of alkyl halides is 2. The van der Waals surface area contributed by atoms with Gasteiger partial charge in [-0.3, -0.25) is 0 Å². The van der Waals surface area contributed by atoms with E-state index >= 15 is 0 Å². The first-order chi connectivity index (χ1) is 6.10. The molecule has 0 bridgehead atoms. The van der Waals surface area contributed by atoms with E-state index in [9.17, 15) is 8.78 Å². The number of benzene rings is 1. The van der Waals surface area contributed by atoms with Gasteiger partial charge in [-0.25, -0.2) is 0 Å². The first-order valence-electron chi connectivity index (χ1n) is 3.76. The molecule has 70 valence electrons. The van der Waals surface area contributed by atoms with Crippen molar-refractivity contribution < 1.29 is 13.5 Å². The predicted octanol–water partition coefficient (Wildman–Crippen LogP) is 3.03. The Hall–Kier alpha value is -1.22. The molecule has 0 aliphatic heterocycles. The van der Waals surface area contributed by atoms with Gasteiger partial charge in [0.15, 0.2) is 0 Å². The zero-order chi connectivity index (χ0) is 9.90. The lowest BCUT2D eigenvalue weighted by Gasteiger charge is -2.13. The van der Waals surface area contributed by atoms with E-state index in [0.29, 0.717) is 0 Å². The van der Waals surface area contributed by atoms with Crippen molar-refractivity contribution in [1.29, 1.82) is 0 Å². The van der Waals surface area contributed by atoms with Gasteiger partial charge in [0.25, 0.3) is 0 Å². The molecule has 0 saturated heterocycles. The summed E-state index contributed by atoms with van der Waals surface area (Å²) in [5.74, 6) is 0. The molecule has 0 radical (unpaired) electrons. The van der Waals surface area contributed by atoms with E-state index < -0.39 is 6.11 Å². The van der Waals surface area contributed by atoms with Gasteiger partial charge in [0, 0.05) is 7.11 Å². The van der Waals surface area contributed by atoms with Crippen LogP contribution in [0.15, 0.2) is 30.8 Å². The normalized spacial score (nSPS) is 11.3. The SMILES string of the molecule is C=Cc1ccc(C(F)(F)OC)cc1. The lowest BCUT2D eigenvalue weighted by Crippen LogP contribution is -2.15. The van der Waals surface area contributed by atoms with Crippen LogP contribution in [0.25, 0.3) is 6.08 Å². The largest absolute Gasteiger partial charge is 0.383 e. The molecule has 1 aromatic rings. The summed E-state index contributed by atoms with van der Waals surface area (Å²) >= 11 is 0. The number of halogens is 2. The highest BCUT2D eigenvalue weighted by molar-refractivity contribution is 5.47. The summed E-state index contributed by atoms with van der Waals surface area (Å²) in [4.78, 5) is 0. The zero-order valence-corrected chi connectivity index (χ0v) is 7.26. The highest BCUT2D eigenvalue weighted by Crippen LogP contribution is 2.28. The van der Waals surface area contributed by atoms with E-state index in [0.717, 1.165) is 12.7 Å². The second-order valence-electron chi connectivity index (χ2n) is 2.55. The van der Waals surface area contributed by atoms with Crippen LogP contribution in [-0.2, 0) is 10.8 Å². The average Bonchev–Trinajstić information content (AvgIpc) is 2.18. The van der Waals surface area contributed by atoms with Crippen molar-refractivity contribution in [1.82, 2.24) is 0 Å². The fraction of sp³-hybridized carbons (Fsp3) is 0.200. The summed E-state index contributed by atoms with van der Waals surface area (Å²) in [6, 6.07) is 5.77. The van der Waals surface area contributed by atoms with Gasteiger partial charge in [0.05, 0.1) is 5.56 Å². The highest BCUT2D eigenvalue weighted by Gasteiger charge is 2.30. The molecule has 3 heteroatoms. The van der Waals surface area contributed by atoms with Crippen molar-refractivity contribution in [2.45, 2.75) is 6.11 Å². The summed E-state index contributed by atoms with van der Waals surface area (Å²) < 4.78 is 29.8. The average molecular weight is 184 g/mol. The lowest BCUT2D eigenvalue weighted by atomic mass is 10.1. The van der Waals surface area contributed by atoms with Gasteiger partial charge in [-0.15, -0.1) is 0 Å². The molecule has 0 aromatic heterocycles. The van der Waals surface area contributed by atoms with E-state index in [2.05, 4.69) is 11.3 Å². The summed E-state index contributed by atoms with van der Waals surface area (Å²) in [5.41, 5.74) is 0.649. The molecule has 0 heterocycles. The molecular formula is C10H10F2O. The van der Waals surface area contributed by atoms with Gasteiger partial charge in [-0.2, -0.15) is 8.78 Å². The molecule has 0 spiro atoms. The van der Waals surface area contributed by atoms with Gasteiger partial charge in [-0.1, -0.05) is 24.8 Å². The molecule has 0 amide bonds. The van der Waals surface area contributed by atoms with Crippen LogP contribution >= 0.6 is 0 Å². The summed E-state index contributed by atoms with van der Waals surface area (Å²) in [6.45, 7) is 3.52. The van der Waals surface area contributed by atoms with Gasteiger partial charge < -0.3 is 4.74 Å². The van der Waals surface area contributed by atoms with E-state index in [1.165, 1.54) is 12.1 Å². The van der Waals surface area contributed by atoms with Crippen LogP contribution in [0.3, 0.4) is 0 Å². The Balaban J connectivity index is 2.98. The van der Waals surface area contributed by atoms with E-state index in [-0.39, 0.29) is 5.56 Å². The maximum atomic E-state index is 12.9. The second-order valence-corrected chi connectivity index (χ2v) is 2.55. The quantitative estimate of drug-likeness (QED) is 0.701. The van der Waals surface area contributed by atoms with Crippen molar-refractivity contribution in [3.63, 3.8) is 0 Å². The molecule has 13 heavy (non-hydrogen) atoms. The van der Waals surface area contributed by atoms with Crippen LogP contribution in [0.5, 0.6) is 0 Å². The zero-order valence-electron chi connectivity index (χ0n) is 7.26. The molecule has 1 rings (SSSR count). The maximum absolute atomic E-state index is 12.9. The Morgan fingerprint density at radius 2 is 1.85 bits per heavy atom. The van der Waals surface area contributed by atoms with Crippen LogP contribution in [-0.4, -0.2) is 7.11 Å². The molecule has 0 atom stereocenters. The highest BCUT2D eigenvalue weighted by atomic mass is 19.3. The Kier molecular flexibility index (Phi) is 2.78. The van der Waals surface area contributed by atoms with Crippen LogP contribution in [0, 0.1) is 0 Å².